The van der Waals surface area contributed by atoms with Crippen LogP contribution < -0.4 is 5.56 Å². The van der Waals surface area contributed by atoms with Gasteiger partial charge in [-0.3, -0.25) is 9.89 Å². The number of rotatable bonds is 2. The molecule has 0 aliphatic heterocycles. The normalized spacial score (nSPS) is 12.0. The van der Waals surface area contributed by atoms with Gasteiger partial charge < -0.3 is 0 Å². The Bertz CT molecular complexity index is 831. The van der Waals surface area contributed by atoms with Gasteiger partial charge in [0.15, 0.2) is 0 Å². The quantitative estimate of drug-likeness (QED) is 0.789. The first-order valence-electron chi connectivity index (χ1n) is 6.16. The zero-order valence-corrected chi connectivity index (χ0v) is 10.7. The number of nitrogens with one attached hydrogen (secondary N) is 1. The first-order chi connectivity index (χ1) is 9.95. The highest BCUT2D eigenvalue weighted by Crippen LogP contribution is 2.29. The molecule has 0 atom stereocenters. The number of benzene rings is 1. The van der Waals surface area contributed by atoms with E-state index < -0.39 is 11.7 Å². The highest BCUT2D eigenvalue weighted by molar-refractivity contribution is 5.38. The first kappa shape index (κ1) is 13.4. The molecule has 108 valence electrons. The molecular weight excluding hydrogens is 283 g/mol. The highest BCUT2D eigenvalue weighted by Gasteiger charge is 2.29. The van der Waals surface area contributed by atoms with E-state index in [2.05, 4.69) is 10.2 Å². The Kier molecular flexibility index (Phi) is 3.04. The Balaban J connectivity index is 1.94. The number of aromatic amines is 1. The van der Waals surface area contributed by atoms with E-state index in [0.29, 0.717) is 17.0 Å². The third kappa shape index (κ3) is 2.54. The van der Waals surface area contributed by atoms with Crippen molar-refractivity contribution in [3.8, 4) is 0 Å². The van der Waals surface area contributed by atoms with Crippen LogP contribution in [0.3, 0.4) is 0 Å². The fourth-order valence-electron chi connectivity index (χ4n) is 2.13. The molecule has 0 aliphatic rings. The molecule has 0 unspecified atom stereocenters. The monoisotopic (exact) mass is 293 g/mol. The van der Waals surface area contributed by atoms with E-state index in [1.165, 1.54) is 22.6 Å². The zero-order chi connectivity index (χ0) is 15.0. The van der Waals surface area contributed by atoms with E-state index in [9.17, 15) is 18.0 Å². The van der Waals surface area contributed by atoms with Crippen LogP contribution in [0.4, 0.5) is 13.2 Å². The molecule has 3 rings (SSSR count). The summed E-state index contributed by atoms with van der Waals surface area (Å²) >= 11 is 0. The molecule has 2 heterocycles. The second-order valence-corrected chi connectivity index (χ2v) is 4.60. The van der Waals surface area contributed by atoms with Crippen molar-refractivity contribution in [3.05, 3.63) is 69.8 Å². The summed E-state index contributed by atoms with van der Waals surface area (Å²) in [7, 11) is 0. The lowest BCUT2D eigenvalue weighted by Crippen LogP contribution is -2.13. The molecule has 0 aliphatic carbocycles. The maximum atomic E-state index is 12.5. The van der Waals surface area contributed by atoms with Crippen molar-refractivity contribution in [2.24, 2.45) is 0 Å². The van der Waals surface area contributed by atoms with Crippen molar-refractivity contribution in [2.45, 2.75) is 12.6 Å². The standard InChI is InChI=1S/C14H10F3N3O/c15-14(16,17)10-6-4-9(5-7-10)8-12-19-18-11-2-1-3-13(21)20(11)12/h1-7,18H,8H2. The smallest absolute Gasteiger partial charge is 0.269 e. The van der Waals surface area contributed by atoms with Crippen LogP contribution >= 0.6 is 0 Å². The van der Waals surface area contributed by atoms with Gasteiger partial charge in [-0.05, 0) is 23.8 Å². The number of fused-ring (bicyclic) bond motifs is 1. The second-order valence-electron chi connectivity index (χ2n) is 4.60. The summed E-state index contributed by atoms with van der Waals surface area (Å²) in [5.41, 5.74) is 0.259. The van der Waals surface area contributed by atoms with Crippen molar-refractivity contribution >= 4 is 5.65 Å². The van der Waals surface area contributed by atoms with Gasteiger partial charge in [0, 0.05) is 12.5 Å². The van der Waals surface area contributed by atoms with Crippen molar-refractivity contribution in [1.29, 1.82) is 0 Å². The maximum absolute atomic E-state index is 12.5. The Hall–Kier alpha value is -2.57. The highest BCUT2D eigenvalue weighted by atomic mass is 19.4. The van der Waals surface area contributed by atoms with Crippen LogP contribution in [0.2, 0.25) is 0 Å². The molecule has 0 amide bonds. The molecule has 0 fully saturated rings. The molecule has 3 aromatic rings. The summed E-state index contributed by atoms with van der Waals surface area (Å²) in [6, 6.07) is 9.52. The predicted molar refractivity (Wildman–Crippen MR) is 70.1 cm³/mol. The fourth-order valence-corrected chi connectivity index (χ4v) is 2.13. The maximum Gasteiger partial charge on any atom is 0.416 e. The molecule has 0 saturated heterocycles. The second kappa shape index (κ2) is 4.76. The van der Waals surface area contributed by atoms with Crippen LogP contribution in [0, 0.1) is 0 Å². The third-order valence-electron chi connectivity index (χ3n) is 3.16. The summed E-state index contributed by atoms with van der Waals surface area (Å²) in [6.45, 7) is 0. The average molecular weight is 293 g/mol. The summed E-state index contributed by atoms with van der Waals surface area (Å²) in [4.78, 5) is 11.8. The molecule has 0 spiro atoms. The molecule has 1 aromatic carbocycles. The van der Waals surface area contributed by atoms with Gasteiger partial charge >= 0.3 is 6.18 Å². The van der Waals surface area contributed by atoms with Gasteiger partial charge in [-0.25, -0.2) is 4.40 Å². The van der Waals surface area contributed by atoms with E-state index in [1.807, 2.05) is 0 Å². The SMILES string of the molecule is O=c1cccc2[nH]nc(Cc3ccc(C(F)(F)F)cc3)n12. The summed E-state index contributed by atoms with van der Waals surface area (Å²) < 4.78 is 38.9. The van der Waals surface area contributed by atoms with Gasteiger partial charge in [0.05, 0.1) is 5.56 Å². The van der Waals surface area contributed by atoms with Crippen LogP contribution in [0.15, 0.2) is 47.3 Å². The molecule has 0 saturated carbocycles. The molecule has 0 bridgehead atoms. The number of alkyl halides is 3. The van der Waals surface area contributed by atoms with Crippen molar-refractivity contribution in [2.75, 3.05) is 0 Å². The van der Waals surface area contributed by atoms with Crippen molar-refractivity contribution < 1.29 is 13.2 Å². The molecule has 1 N–H and O–H groups in total. The van der Waals surface area contributed by atoms with Gasteiger partial charge in [0.2, 0.25) is 0 Å². The van der Waals surface area contributed by atoms with Crippen LogP contribution in [-0.2, 0) is 12.6 Å². The lowest BCUT2D eigenvalue weighted by Gasteiger charge is -2.07. The molecular formula is C14H10F3N3O. The van der Waals surface area contributed by atoms with Gasteiger partial charge in [0.1, 0.15) is 11.5 Å². The summed E-state index contributed by atoms with van der Waals surface area (Å²) in [5, 5.41) is 6.76. The zero-order valence-electron chi connectivity index (χ0n) is 10.7. The number of aromatic nitrogens is 3. The van der Waals surface area contributed by atoms with Crippen LogP contribution in [-0.4, -0.2) is 14.6 Å². The fraction of sp³-hybridized carbons (Fsp3) is 0.143. The Morgan fingerprint density at radius 1 is 1.10 bits per heavy atom. The number of pyridine rings is 1. The Labute approximate surface area is 116 Å². The number of nitrogens with zero attached hydrogens (tertiary/aromatic N) is 2. The summed E-state index contributed by atoms with van der Waals surface area (Å²) in [6.07, 6.45) is -4.09. The predicted octanol–water partition coefficient (Wildman–Crippen LogP) is 2.63. The van der Waals surface area contributed by atoms with E-state index in [-0.39, 0.29) is 12.0 Å². The number of hydrogen-bond donors (Lipinski definition) is 1. The van der Waals surface area contributed by atoms with E-state index >= 15 is 0 Å². The summed E-state index contributed by atoms with van der Waals surface area (Å²) in [5.74, 6) is 0.454. The minimum atomic E-state index is -4.35. The van der Waals surface area contributed by atoms with Crippen molar-refractivity contribution in [3.63, 3.8) is 0 Å². The van der Waals surface area contributed by atoms with E-state index in [0.717, 1.165) is 12.1 Å². The van der Waals surface area contributed by atoms with Gasteiger partial charge in [-0.1, -0.05) is 18.2 Å². The number of hydrogen-bond acceptors (Lipinski definition) is 2. The number of halogens is 3. The Morgan fingerprint density at radius 2 is 1.81 bits per heavy atom. The van der Waals surface area contributed by atoms with Gasteiger partial charge in [0.25, 0.3) is 5.56 Å². The van der Waals surface area contributed by atoms with Crippen LogP contribution in [0.1, 0.15) is 17.0 Å². The molecule has 2 aromatic heterocycles. The molecule has 0 radical (unpaired) electrons. The third-order valence-corrected chi connectivity index (χ3v) is 3.16. The first-order valence-corrected chi connectivity index (χ1v) is 6.16. The van der Waals surface area contributed by atoms with Crippen molar-refractivity contribution in [1.82, 2.24) is 14.6 Å². The largest absolute Gasteiger partial charge is 0.416 e. The Morgan fingerprint density at radius 3 is 2.48 bits per heavy atom. The van der Waals surface area contributed by atoms with E-state index in [4.69, 9.17) is 0 Å². The molecule has 7 heteroatoms. The lowest BCUT2D eigenvalue weighted by molar-refractivity contribution is -0.137. The van der Waals surface area contributed by atoms with E-state index in [1.54, 1.807) is 12.1 Å². The van der Waals surface area contributed by atoms with Gasteiger partial charge in [-0.15, -0.1) is 0 Å². The topological polar surface area (TPSA) is 50.2 Å². The molecule has 4 nitrogen and oxygen atoms in total. The molecule has 21 heavy (non-hydrogen) atoms. The minimum Gasteiger partial charge on any atom is -0.269 e. The van der Waals surface area contributed by atoms with Crippen LogP contribution in [0.5, 0.6) is 0 Å². The number of H-pyrrole nitrogens is 1. The van der Waals surface area contributed by atoms with Gasteiger partial charge in [-0.2, -0.15) is 18.3 Å². The van der Waals surface area contributed by atoms with Crippen LogP contribution in [0.25, 0.3) is 5.65 Å². The lowest BCUT2D eigenvalue weighted by atomic mass is 10.1. The average Bonchev–Trinajstić information content (AvgIpc) is 2.83. The minimum absolute atomic E-state index is 0.233.